The Kier molecular flexibility index (Phi) is 3.23. The van der Waals surface area contributed by atoms with Crippen LogP contribution in [0.15, 0.2) is 23.1 Å². The van der Waals surface area contributed by atoms with Crippen molar-refractivity contribution < 1.29 is 12.8 Å². The van der Waals surface area contributed by atoms with E-state index in [0.29, 0.717) is 12.0 Å². The van der Waals surface area contributed by atoms with Gasteiger partial charge in [-0.15, -0.1) is 0 Å². The first-order valence-electron chi connectivity index (χ1n) is 5.64. The highest BCUT2D eigenvalue weighted by atomic mass is 32.2. The highest BCUT2D eigenvalue weighted by molar-refractivity contribution is 7.91. The van der Waals surface area contributed by atoms with Crippen molar-refractivity contribution in [3.63, 3.8) is 0 Å². The van der Waals surface area contributed by atoms with E-state index in [9.17, 15) is 12.8 Å². The molecule has 1 aliphatic heterocycles. The number of fused-ring (bicyclic) bond motifs is 1. The average molecular weight is 257 g/mol. The molecule has 0 saturated carbocycles. The summed E-state index contributed by atoms with van der Waals surface area (Å²) in [5, 5.41) is 3.05. The van der Waals surface area contributed by atoms with Crippen LogP contribution in [0.3, 0.4) is 0 Å². The number of hydrogen-bond acceptors (Lipinski definition) is 3. The van der Waals surface area contributed by atoms with Gasteiger partial charge in [0.05, 0.1) is 10.6 Å². The Bertz CT molecular complexity index is 527. The molecule has 3 nitrogen and oxygen atoms in total. The zero-order valence-electron chi connectivity index (χ0n) is 9.90. The maximum Gasteiger partial charge on any atom is 0.179 e. The Hall–Kier alpha value is -0.940. The predicted molar refractivity (Wildman–Crippen MR) is 64.3 cm³/mol. The summed E-state index contributed by atoms with van der Waals surface area (Å²) in [6.07, 6.45) is 0.629. The molecule has 0 bridgehead atoms. The fourth-order valence-electron chi connectivity index (χ4n) is 2.35. The van der Waals surface area contributed by atoms with Gasteiger partial charge >= 0.3 is 0 Å². The Morgan fingerprint density at radius 2 is 2.24 bits per heavy atom. The molecular weight excluding hydrogens is 241 g/mol. The third kappa shape index (κ3) is 2.21. The molecule has 17 heavy (non-hydrogen) atoms. The zero-order valence-corrected chi connectivity index (χ0v) is 10.7. The first-order valence-corrected chi connectivity index (χ1v) is 7.29. The minimum absolute atomic E-state index is 0.0231. The van der Waals surface area contributed by atoms with E-state index in [1.54, 1.807) is 0 Å². The number of halogens is 1. The van der Waals surface area contributed by atoms with Gasteiger partial charge in [0.1, 0.15) is 5.82 Å². The Labute approximate surface area is 101 Å². The maximum absolute atomic E-state index is 13.8. The molecular formula is C12H16FNO2S. The van der Waals surface area contributed by atoms with Crippen molar-refractivity contribution >= 4 is 9.84 Å². The lowest BCUT2D eigenvalue weighted by atomic mass is 9.94. The highest BCUT2D eigenvalue weighted by Gasteiger charge is 2.37. The second kappa shape index (κ2) is 4.38. The van der Waals surface area contributed by atoms with Crippen molar-refractivity contribution in [2.45, 2.75) is 30.2 Å². The lowest BCUT2D eigenvalue weighted by Gasteiger charge is -2.16. The van der Waals surface area contributed by atoms with Crippen LogP contribution in [0.25, 0.3) is 0 Å². The molecule has 0 spiro atoms. The fraction of sp³-hybridized carbons (Fsp3) is 0.500. The number of nitrogens with one attached hydrogen (secondary N) is 1. The van der Waals surface area contributed by atoms with Gasteiger partial charge in [-0.3, -0.25) is 0 Å². The van der Waals surface area contributed by atoms with Crippen molar-refractivity contribution in [3.8, 4) is 0 Å². The third-order valence-electron chi connectivity index (χ3n) is 3.31. The van der Waals surface area contributed by atoms with Crippen molar-refractivity contribution in [1.29, 1.82) is 0 Å². The molecule has 0 aromatic heterocycles. The zero-order chi connectivity index (χ0) is 12.6. The minimum atomic E-state index is -3.30. The Morgan fingerprint density at radius 1 is 1.53 bits per heavy atom. The molecule has 1 aromatic carbocycles. The van der Waals surface area contributed by atoms with Gasteiger partial charge in [-0.25, -0.2) is 12.8 Å². The number of hydrogen-bond donors (Lipinski definition) is 1. The van der Waals surface area contributed by atoms with Gasteiger partial charge in [0.15, 0.2) is 9.84 Å². The van der Waals surface area contributed by atoms with E-state index in [1.165, 1.54) is 18.2 Å². The van der Waals surface area contributed by atoms with E-state index >= 15 is 0 Å². The molecule has 0 fully saturated rings. The smallest absolute Gasteiger partial charge is 0.179 e. The summed E-state index contributed by atoms with van der Waals surface area (Å²) in [6.45, 7) is 1.96. The normalized spacial score (nSPS) is 23.4. The van der Waals surface area contributed by atoms with Gasteiger partial charge in [0.2, 0.25) is 0 Å². The molecule has 0 amide bonds. The standard InChI is InChI=1S/C12H16FNO2S/c1-8(14-2)6-9-7-17(15,16)11-5-3-4-10(13)12(9)11/h3-5,8-9,14H,6-7H2,1-2H3. The van der Waals surface area contributed by atoms with E-state index in [4.69, 9.17) is 0 Å². The van der Waals surface area contributed by atoms with E-state index in [2.05, 4.69) is 5.32 Å². The van der Waals surface area contributed by atoms with Crippen LogP contribution in [-0.4, -0.2) is 27.3 Å². The van der Waals surface area contributed by atoms with Crippen LogP contribution in [0.2, 0.25) is 0 Å². The van der Waals surface area contributed by atoms with Crippen LogP contribution in [-0.2, 0) is 9.84 Å². The van der Waals surface area contributed by atoms with Crippen molar-refractivity contribution in [2.24, 2.45) is 0 Å². The van der Waals surface area contributed by atoms with E-state index in [-0.39, 0.29) is 22.6 Å². The van der Waals surface area contributed by atoms with Crippen LogP contribution in [0.5, 0.6) is 0 Å². The number of rotatable bonds is 3. The molecule has 2 atom stereocenters. The number of sulfone groups is 1. The van der Waals surface area contributed by atoms with Crippen LogP contribution in [0, 0.1) is 5.82 Å². The Morgan fingerprint density at radius 3 is 2.88 bits per heavy atom. The lowest BCUT2D eigenvalue weighted by Crippen LogP contribution is -2.24. The minimum Gasteiger partial charge on any atom is -0.317 e. The molecule has 1 N–H and O–H groups in total. The van der Waals surface area contributed by atoms with E-state index < -0.39 is 15.7 Å². The van der Waals surface area contributed by atoms with Gasteiger partial charge in [-0.1, -0.05) is 6.07 Å². The molecule has 2 unspecified atom stereocenters. The largest absolute Gasteiger partial charge is 0.317 e. The summed E-state index contributed by atoms with van der Waals surface area (Å²) in [4.78, 5) is 0.172. The topological polar surface area (TPSA) is 46.2 Å². The first kappa shape index (κ1) is 12.5. The highest BCUT2D eigenvalue weighted by Crippen LogP contribution is 2.38. The van der Waals surface area contributed by atoms with Crippen LogP contribution < -0.4 is 5.32 Å². The molecule has 1 aromatic rings. The van der Waals surface area contributed by atoms with Gasteiger partial charge < -0.3 is 5.32 Å². The van der Waals surface area contributed by atoms with Gasteiger partial charge in [-0.05, 0) is 32.5 Å². The van der Waals surface area contributed by atoms with Crippen molar-refractivity contribution in [1.82, 2.24) is 5.32 Å². The fourth-order valence-corrected chi connectivity index (χ4v) is 4.25. The summed E-state index contributed by atoms with van der Waals surface area (Å²) in [6, 6.07) is 4.45. The SMILES string of the molecule is CNC(C)CC1CS(=O)(=O)c2cccc(F)c21. The molecule has 2 rings (SSSR count). The molecule has 5 heteroatoms. The van der Waals surface area contributed by atoms with Crippen LogP contribution >= 0.6 is 0 Å². The molecule has 0 radical (unpaired) electrons. The molecule has 1 heterocycles. The second-order valence-corrected chi connectivity index (χ2v) is 6.56. The van der Waals surface area contributed by atoms with Gasteiger partial charge in [0, 0.05) is 17.5 Å². The van der Waals surface area contributed by atoms with E-state index in [1.807, 2.05) is 14.0 Å². The second-order valence-electron chi connectivity index (χ2n) is 4.56. The quantitative estimate of drug-likeness (QED) is 0.896. The molecule has 94 valence electrons. The monoisotopic (exact) mass is 257 g/mol. The van der Waals surface area contributed by atoms with Crippen LogP contribution in [0.4, 0.5) is 4.39 Å². The van der Waals surface area contributed by atoms with Gasteiger partial charge in [-0.2, -0.15) is 0 Å². The van der Waals surface area contributed by atoms with Crippen molar-refractivity contribution in [2.75, 3.05) is 12.8 Å². The van der Waals surface area contributed by atoms with E-state index in [0.717, 1.165) is 0 Å². The maximum atomic E-state index is 13.8. The number of benzene rings is 1. The average Bonchev–Trinajstić information content (AvgIpc) is 2.52. The summed E-state index contributed by atoms with van der Waals surface area (Å²) >= 11 is 0. The summed E-state index contributed by atoms with van der Waals surface area (Å²) < 4.78 is 37.6. The molecule has 0 aliphatic carbocycles. The summed E-state index contributed by atoms with van der Waals surface area (Å²) in [5.74, 6) is -0.620. The lowest BCUT2D eigenvalue weighted by molar-refractivity contribution is 0.499. The molecule has 0 saturated heterocycles. The van der Waals surface area contributed by atoms with Crippen molar-refractivity contribution in [3.05, 3.63) is 29.6 Å². The first-order chi connectivity index (χ1) is 7.95. The van der Waals surface area contributed by atoms with Gasteiger partial charge in [0.25, 0.3) is 0 Å². The molecule has 1 aliphatic rings. The Balaban J connectivity index is 2.43. The summed E-state index contributed by atoms with van der Waals surface area (Å²) in [7, 11) is -1.48. The van der Waals surface area contributed by atoms with Crippen LogP contribution in [0.1, 0.15) is 24.8 Å². The summed E-state index contributed by atoms with van der Waals surface area (Å²) in [5.41, 5.74) is 0.370. The predicted octanol–water partition coefficient (Wildman–Crippen LogP) is 1.69. The third-order valence-corrected chi connectivity index (χ3v) is 5.18.